The molecule has 3 nitrogen and oxygen atoms in total. The van der Waals surface area contributed by atoms with E-state index >= 15 is 0 Å². The normalized spacial score (nSPS) is 18.6. The van der Waals surface area contributed by atoms with Crippen molar-refractivity contribution < 1.29 is 14.3 Å². The van der Waals surface area contributed by atoms with Crippen LogP contribution in [-0.4, -0.2) is 19.5 Å². The van der Waals surface area contributed by atoms with Crippen molar-refractivity contribution in [2.24, 2.45) is 5.92 Å². The average Bonchev–Trinajstić information content (AvgIpc) is 2.55. The smallest absolute Gasteiger partial charge is 0.173 e. The van der Waals surface area contributed by atoms with Crippen LogP contribution < -0.4 is 9.47 Å². The van der Waals surface area contributed by atoms with Gasteiger partial charge in [-0.15, -0.1) is 0 Å². The minimum atomic E-state index is -0.145. The molecule has 108 valence electrons. The van der Waals surface area contributed by atoms with Crippen LogP contribution in [0.5, 0.6) is 11.5 Å². The van der Waals surface area contributed by atoms with Gasteiger partial charge in [0.05, 0.1) is 25.2 Å². The van der Waals surface area contributed by atoms with Crippen LogP contribution >= 0.6 is 0 Å². The monoisotopic (exact) mass is 282 g/mol. The third kappa shape index (κ3) is 2.51. The number of hydrogen-bond acceptors (Lipinski definition) is 3. The number of carbonyl (C=O) groups is 1. The van der Waals surface area contributed by atoms with E-state index in [-0.39, 0.29) is 17.6 Å². The summed E-state index contributed by atoms with van der Waals surface area (Å²) in [6.45, 7) is 2.49. The first-order valence-corrected chi connectivity index (χ1v) is 7.10. The molecule has 0 saturated heterocycles. The molecule has 0 radical (unpaired) electrons. The van der Waals surface area contributed by atoms with Crippen LogP contribution in [-0.2, 0) is 0 Å². The van der Waals surface area contributed by atoms with Gasteiger partial charge in [-0.3, -0.25) is 4.79 Å². The second kappa shape index (κ2) is 5.60. The molecule has 0 fully saturated rings. The molecular formula is C18H18O3. The van der Waals surface area contributed by atoms with Crippen LogP contribution in [0, 0.1) is 5.92 Å². The summed E-state index contributed by atoms with van der Waals surface area (Å²) in [5.74, 6) is 1.46. The van der Waals surface area contributed by atoms with Gasteiger partial charge in [0.1, 0.15) is 11.5 Å². The first kappa shape index (κ1) is 13.7. The lowest BCUT2D eigenvalue weighted by Gasteiger charge is -2.28. The number of methoxy groups -OCH3 is 1. The number of Topliss-reactive ketones (excluding diaryl/α,β-unsaturated/α-hetero) is 1. The Bertz CT molecular complexity index is 649. The van der Waals surface area contributed by atoms with Crippen LogP contribution in [0.3, 0.4) is 0 Å². The molecule has 1 heterocycles. The maximum Gasteiger partial charge on any atom is 0.173 e. The largest absolute Gasteiger partial charge is 0.497 e. The van der Waals surface area contributed by atoms with Crippen molar-refractivity contribution in [1.82, 2.24) is 0 Å². The Morgan fingerprint density at radius 2 is 1.95 bits per heavy atom. The average molecular weight is 282 g/mol. The second-order valence-corrected chi connectivity index (χ2v) is 5.34. The summed E-state index contributed by atoms with van der Waals surface area (Å²) < 4.78 is 11.0. The number of rotatable bonds is 3. The third-order valence-electron chi connectivity index (χ3n) is 4.14. The summed E-state index contributed by atoms with van der Waals surface area (Å²) in [6.07, 6.45) is 0. The van der Waals surface area contributed by atoms with Gasteiger partial charge in [-0.05, 0) is 23.6 Å². The molecule has 3 heteroatoms. The highest BCUT2D eigenvalue weighted by molar-refractivity contribution is 6.02. The van der Waals surface area contributed by atoms with E-state index in [1.165, 1.54) is 0 Å². The minimum Gasteiger partial charge on any atom is -0.497 e. The Morgan fingerprint density at radius 3 is 2.67 bits per heavy atom. The van der Waals surface area contributed by atoms with Crippen molar-refractivity contribution >= 4 is 5.78 Å². The van der Waals surface area contributed by atoms with Gasteiger partial charge >= 0.3 is 0 Å². The Morgan fingerprint density at radius 1 is 1.19 bits per heavy atom. The van der Waals surface area contributed by atoms with Crippen LogP contribution in [0.15, 0.2) is 48.5 Å². The molecule has 3 rings (SSSR count). The molecule has 0 N–H and O–H groups in total. The van der Waals surface area contributed by atoms with E-state index in [4.69, 9.17) is 9.47 Å². The molecule has 0 amide bonds. The Balaban J connectivity index is 1.89. The molecule has 2 aromatic rings. The van der Waals surface area contributed by atoms with Crippen LogP contribution in [0.2, 0.25) is 0 Å². The van der Waals surface area contributed by atoms with Crippen LogP contribution in [0.1, 0.15) is 28.8 Å². The molecule has 0 aliphatic carbocycles. The summed E-state index contributed by atoms with van der Waals surface area (Å²) in [5.41, 5.74) is 1.81. The van der Waals surface area contributed by atoms with E-state index in [0.717, 1.165) is 5.56 Å². The van der Waals surface area contributed by atoms with Crippen molar-refractivity contribution in [3.63, 3.8) is 0 Å². The SMILES string of the molecule is COc1ccc2c(c1)OCC(C(C)c1ccccc1)C2=O. The van der Waals surface area contributed by atoms with E-state index in [2.05, 4.69) is 19.1 Å². The van der Waals surface area contributed by atoms with Gasteiger partial charge in [-0.25, -0.2) is 0 Å². The van der Waals surface area contributed by atoms with Crippen LogP contribution in [0.25, 0.3) is 0 Å². The lowest BCUT2D eigenvalue weighted by atomic mass is 9.81. The van der Waals surface area contributed by atoms with Crippen molar-refractivity contribution in [3.8, 4) is 11.5 Å². The summed E-state index contributed by atoms with van der Waals surface area (Å²) in [4.78, 5) is 12.7. The lowest BCUT2D eigenvalue weighted by molar-refractivity contribution is 0.0804. The van der Waals surface area contributed by atoms with E-state index in [9.17, 15) is 4.79 Å². The molecule has 0 bridgehead atoms. The number of fused-ring (bicyclic) bond motifs is 1. The second-order valence-electron chi connectivity index (χ2n) is 5.34. The Hall–Kier alpha value is -2.29. The van der Waals surface area contributed by atoms with Gasteiger partial charge in [0, 0.05) is 6.07 Å². The topological polar surface area (TPSA) is 35.5 Å². The molecule has 0 saturated carbocycles. The third-order valence-corrected chi connectivity index (χ3v) is 4.14. The van der Waals surface area contributed by atoms with Gasteiger partial charge in [-0.2, -0.15) is 0 Å². The highest BCUT2D eigenvalue weighted by Gasteiger charge is 2.33. The quantitative estimate of drug-likeness (QED) is 0.861. The number of ketones is 1. The number of carbonyl (C=O) groups excluding carboxylic acids is 1. The summed E-state index contributed by atoms with van der Waals surface area (Å²) in [6, 6.07) is 15.5. The zero-order valence-electron chi connectivity index (χ0n) is 12.2. The molecule has 21 heavy (non-hydrogen) atoms. The highest BCUT2D eigenvalue weighted by atomic mass is 16.5. The molecule has 1 aliphatic rings. The van der Waals surface area contributed by atoms with Gasteiger partial charge in [0.25, 0.3) is 0 Å². The number of ether oxygens (including phenoxy) is 2. The first-order valence-electron chi connectivity index (χ1n) is 7.10. The molecule has 2 aromatic carbocycles. The fourth-order valence-corrected chi connectivity index (χ4v) is 2.77. The molecule has 2 unspecified atom stereocenters. The maximum atomic E-state index is 12.7. The molecule has 0 spiro atoms. The predicted molar refractivity (Wildman–Crippen MR) is 81.2 cm³/mol. The fraction of sp³-hybridized carbons (Fsp3) is 0.278. The molecule has 0 aromatic heterocycles. The number of hydrogen-bond donors (Lipinski definition) is 0. The summed E-state index contributed by atoms with van der Waals surface area (Å²) in [5, 5.41) is 0. The highest BCUT2D eigenvalue weighted by Crippen LogP contribution is 2.36. The van der Waals surface area contributed by atoms with E-state index in [1.54, 1.807) is 25.3 Å². The predicted octanol–water partition coefficient (Wildman–Crippen LogP) is 3.69. The molecule has 2 atom stereocenters. The van der Waals surface area contributed by atoms with Gasteiger partial charge < -0.3 is 9.47 Å². The van der Waals surface area contributed by atoms with Crippen molar-refractivity contribution in [3.05, 3.63) is 59.7 Å². The molecular weight excluding hydrogens is 264 g/mol. The van der Waals surface area contributed by atoms with E-state index < -0.39 is 0 Å². The number of benzene rings is 2. The fourth-order valence-electron chi connectivity index (χ4n) is 2.77. The molecule has 1 aliphatic heterocycles. The summed E-state index contributed by atoms with van der Waals surface area (Å²) >= 11 is 0. The lowest BCUT2D eigenvalue weighted by Crippen LogP contribution is -2.31. The maximum absolute atomic E-state index is 12.7. The van der Waals surface area contributed by atoms with Crippen molar-refractivity contribution in [2.45, 2.75) is 12.8 Å². The Labute approximate surface area is 124 Å². The Kier molecular flexibility index (Phi) is 3.65. The van der Waals surface area contributed by atoms with Gasteiger partial charge in [0.15, 0.2) is 5.78 Å². The van der Waals surface area contributed by atoms with E-state index in [1.807, 2.05) is 18.2 Å². The van der Waals surface area contributed by atoms with Crippen molar-refractivity contribution in [2.75, 3.05) is 13.7 Å². The minimum absolute atomic E-state index is 0.133. The van der Waals surface area contributed by atoms with Gasteiger partial charge in [-0.1, -0.05) is 37.3 Å². The van der Waals surface area contributed by atoms with Gasteiger partial charge in [0.2, 0.25) is 0 Å². The standard InChI is InChI=1S/C18H18O3/c1-12(13-6-4-3-5-7-13)16-11-21-17-10-14(20-2)8-9-15(17)18(16)19/h3-10,12,16H,11H2,1-2H3. The van der Waals surface area contributed by atoms with Crippen LogP contribution in [0.4, 0.5) is 0 Å². The van der Waals surface area contributed by atoms with E-state index in [0.29, 0.717) is 23.7 Å². The zero-order chi connectivity index (χ0) is 14.8. The first-order chi connectivity index (χ1) is 10.2. The van der Waals surface area contributed by atoms with Crippen molar-refractivity contribution in [1.29, 1.82) is 0 Å². The summed E-state index contributed by atoms with van der Waals surface area (Å²) in [7, 11) is 1.60. The zero-order valence-corrected chi connectivity index (χ0v) is 12.2.